The standard InChI is InChI=1S/C26H30FN3O5/c1-4-35-26(34)18-11-13-30(14-12-18)23(31)16-29(3)25(33)19-10-9-17(2)22(15-19)28-24(32)20-7-5-6-8-21(20)27/h5-10,15,18H,4,11-14,16H2,1-3H3,(H,28,32). The smallest absolute Gasteiger partial charge is 0.309 e. The first kappa shape index (κ1) is 25.9. The number of esters is 1. The Hall–Kier alpha value is -3.75. The molecule has 0 bridgehead atoms. The lowest BCUT2D eigenvalue weighted by molar-refractivity contribution is -0.151. The number of ether oxygens (including phenoxy) is 1. The maximum absolute atomic E-state index is 13.9. The third-order valence-corrected chi connectivity index (χ3v) is 6.04. The van der Waals surface area contributed by atoms with E-state index < -0.39 is 11.7 Å². The van der Waals surface area contributed by atoms with Crippen molar-refractivity contribution in [3.8, 4) is 0 Å². The highest BCUT2D eigenvalue weighted by atomic mass is 19.1. The molecule has 0 aromatic heterocycles. The highest BCUT2D eigenvalue weighted by Crippen LogP contribution is 2.21. The molecular formula is C26H30FN3O5. The summed E-state index contributed by atoms with van der Waals surface area (Å²) in [6, 6.07) is 10.5. The highest BCUT2D eigenvalue weighted by Gasteiger charge is 2.29. The molecule has 8 nitrogen and oxygen atoms in total. The SMILES string of the molecule is CCOC(=O)C1CCN(C(=O)CN(C)C(=O)c2ccc(C)c(NC(=O)c3ccccc3F)c2)CC1. The summed E-state index contributed by atoms with van der Waals surface area (Å²) in [7, 11) is 1.53. The number of nitrogens with zero attached hydrogens (tertiary/aromatic N) is 2. The van der Waals surface area contributed by atoms with Gasteiger partial charge in [0.15, 0.2) is 0 Å². The van der Waals surface area contributed by atoms with Crippen molar-refractivity contribution in [3.63, 3.8) is 0 Å². The number of amides is 3. The van der Waals surface area contributed by atoms with Gasteiger partial charge >= 0.3 is 5.97 Å². The lowest BCUT2D eigenvalue weighted by atomic mass is 9.97. The number of carbonyl (C=O) groups is 4. The van der Waals surface area contributed by atoms with Gasteiger partial charge in [-0.15, -0.1) is 0 Å². The number of likely N-dealkylation sites (N-methyl/N-ethyl adjacent to an activating group) is 1. The van der Waals surface area contributed by atoms with Gasteiger partial charge in [0.05, 0.1) is 24.6 Å². The minimum absolute atomic E-state index is 0.0990. The number of hydrogen-bond acceptors (Lipinski definition) is 5. The van der Waals surface area contributed by atoms with Crippen LogP contribution in [0, 0.1) is 18.7 Å². The van der Waals surface area contributed by atoms with E-state index in [1.54, 1.807) is 36.9 Å². The maximum Gasteiger partial charge on any atom is 0.309 e. The fraction of sp³-hybridized carbons (Fsp3) is 0.385. The van der Waals surface area contributed by atoms with Crippen LogP contribution in [0.15, 0.2) is 42.5 Å². The Morgan fingerprint density at radius 3 is 2.46 bits per heavy atom. The largest absolute Gasteiger partial charge is 0.466 e. The van der Waals surface area contributed by atoms with Gasteiger partial charge in [0.25, 0.3) is 11.8 Å². The Morgan fingerprint density at radius 1 is 1.11 bits per heavy atom. The van der Waals surface area contributed by atoms with Crippen LogP contribution in [0.5, 0.6) is 0 Å². The molecule has 9 heteroatoms. The molecule has 3 amide bonds. The van der Waals surface area contributed by atoms with Gasteiger partial charge in [-0.1, -0.05) is 18.2 Å². The van der Waals surface area contributed by atoms with E-state index in [0.717, 1.165) is 0 Å². The van der Waals surface area contributed by atoms with Crippen molar-refractivity contribution in [2.24, 2.45) is 5.92 Å². The van der Waals surface area contributed by atoms with Crippen molar-refractivity contribution in [2.45, 2.75) is 26.7 Å². The van der Waals surface area contributed by atoms with E-state index in [-0.39, 0.29) is 41.4 Å². The van der Waals surface area contributed by atoms with E-state index in [1.165, 1.54) is 36.2 Å². The number of aryl methyl sites for hydroxylation is 1. The number of benzene rings is 2. The van der Waals surface area contributed by atoms with E-state index in [2.05, 4.69) is 5.32 Å². The summed E-state index contributed by atoms with van der Waals surface area (Å²) < 4.78 is 19.0. The molecule has 0 saturated carbocycles. The van der Waals surface area contributed by atoms with E-state index >= 15 is 0 Å². The Bertz CT molecular complexity index is 1110. The first-order chi connectivity index (χ1) is 16.7. The first-order valence-corrected chi connectivity index (χ1v) is 11.6. The van der Waals surface area contributed by atoms with Crippen LogP contribution in [0.2, 0.25) is 0 Å². The molecule has 1 N–H and O–H groups in total. The van der Waals surface area contributed by atoms with E-state index in [0.29, 0.717) is 43.8 Å². The number of hydrogen-bond donors (Lipinski definition) is 1. The summed E-state index contributed by atoms with van der Waals surface area (Å²) >= 11 is 0. The van der Waals surface area contributed by atoms with Crippen LogP contribution >= 0.6 is 0 Å². The molecule has 1 aliphatic rings. The van der Waals surface area contributed by atoms with Crippen molar-refractivity contribution in [1.29, 1.82) is 0 Å². The third kappa shape index (κ3) is 6.44. The van der Waals surface area contributed by atoms with E-state index in [4.69, 9.17) is 4.74 Å². The molecule has 1 aliphatic heterocycles. The van der Waals surface area contributed by atoms with Crippen molar-refractivity contribution < 1.29 is 28.3 Å². The molecular weight excluding hydrogens is 453 g/mol. The van der Waals surface area contributed by atoms with Crippen LogP contribution < -0.4 is 5.32 Å². The predicted molar refractivity (Wildman–Crippen MR) is 128 cm³/mol. The quantitative estimate of drug-likeness (QED) is 0.610. The number of carbonyl (C=O) groups excluding carboxylic acids is 4. The highest BCUT2D eigenvalue weighted by molar-refractivity contribution is 6.06. The molecule has 2 aromatic carbocycles. The Balaban J connectivity index is 1.61. The van der Waals surface area contributed by atoms with Crippen molar-refractivity contribution in [2.75, 3.05) is 38.6 Å². The van der Waals surface area contributed by atoms with Gasteiger partial charge in [-0.3, -0.25) is 19.2 Å². The van der Waals surface area contributed by atoms with Gasteiger partial charge < -0.3 is 19.9 Å². The molecule has 2 aromatic rings. The molecule has 0 spiro atoms. The molecule has 1 saturated heterocycles. The summed E-state index contributed by atoms with van der Waals surface area (Å²) in [5.41, 5.74) is 1.27. The minimum Gasteiger partial charge on any atom is -0.466 e. The summed E-state index contributed by atoms with van der Waals surface area (Å²) in [5, 5.41) is 2.65. The zero-order valence-electron chi connectivity index (χ0n) is 20.2. The first-order valence-electron chi connectivity index (χ1n) is 11.6. The van der Waals surface area contributed by atoms with Gasteiger partial charge in [0.1, 0.15) is 5.82 Å². The topological polar surface area (TPSA) is 96.0 Å². The second kappa shape index (κ2) is 11.6. The molecule has 1 fully saturated rings. The summed E-state index contributed by atoms with van der Waals surface area (Å²) in [4.78, 5) is 53.0. The van der Waals surface area contributed by atoms with Crippen molar-refractivity contribution >= 4 is 29.4 Å². The van der Waals surface area contributed by atoms with E-state index in [9.17, 15) is 23.6 Å². The summed E-state index contributed by atoms with van der Waals surface area (Å²) in [6.45, 7) is 4.60. The number of piperidine rings is 1. The van der Waals surface area contributed by atoms with Crippen LogP contribution in [0.25, 0.3) is 0 Å². The monoisotopic (exact) mass is 483 g/mol. The molecule has 3 rings (SSSR count). The van der Waals surface area contributed by atoms with E-state index in [1.807, 2.05) is 0 Å². The average Bonchev–Trinajstić information content (AvgIpc) is 2.85. The second-order valence-corrected chi connectivity index (χ2v) is 8.53. The lowest BCUT2D eigenvalue weighted by Crippen LogP contribution is -2.45. The molecule has 0 aliphatic carbocycles. The Labute approximate surface area is 204 Å². The normalized spacial score (nSPS) is 13.8. The molecule has 186 valence electrons. The fourth-order valence-electron chi connectivity index (χ4n) is 3.94. The molecule has 1 heterocycles. The summed E-state index contributed by atoms with van der Waals surface area (Å²) in [5.74, 6) is -2.29. The summed E-state index contributed by atoms with van der Waals surface area (Å²) in [6.07, 6.45) is 1.07. The Kier molecular flexibility index (Phi) is 8.57. The molecule has 0 radical (unpaired) electrons. The maximum atomic E-state index is 13.9. The van der Waals surface area contributed by atoms with Crippen molar-refractivity contribution in [1.82, 2.24) is 9.80 Å². The second-order valence-electron chi connectivity index (χ2n) is 8.53. The minimum atomic E-state index is -0.639. The van der Waals surface area contributed by atoms with Gasteiger partial charge in [-0.25, -0.2) is 4.39 Å². The lowest BCUT2D eigenvalue weighted by Gasteiger charge is -2.32. The van der Waals surface area contributed by atoms with Gasteiger partial charge in [0, 0.05) is 31.4 Å². The molecule has 0 atom stereocenters. The predicted octanol–water partition coefficient (Wildman–Crippen LogP) is 3.26. The molecule has 0 unspecified atom stereocenters. The number of likely N-dealkylation sites (tertiary alicyclic amines) is 1. The third-order valence-electron chi connectivity index (χ3n) is 6.04. The Morgan fingerprint density at radius 2 is 1.80 bits per heavy atom. The van der Waals surface area contributed by atoms with Crippen LogP contribution in [0.1, 0.15) is 46.0 Å². The number of halogens is 1. The van der Waals surface area contributed by atoms with Crippen molar-refractivity contribution in [3.05, 3.63) is 65.0 Å². The van der Waals surface area contributed by atoms with Gasteiger partial charge in [-0.05, 0) is 56.5 Å². The van der Waals surface area contributed by atoms with Gasteiger partial charge in [-0.2, -0.15) is 0 Å². The average molecular weight is 484 g/mol. The zero-order valence-corrected chi connectivity index (χ0v) is 20.2. The van der Waals surface area contributed by atoms with Crippen LogP contribution in [-0.2, 0) is 14.3 Å². The number of anilines is 1. The number of rotatable bonds is 7. The van der Waals surface area contributed by atoms with Crippen LogP contribution in [0.4, 0.5) is 10.1 Å². The number of nitrogens with one attached hydrogen (secondary N) is 1. The fourth-order valence-corrected chi connectivity index (χ4v) is 3.94. The van der Waals surface area contributed by atoms with Gasteiger partial charge in [0.2, 0.25) is 5.91 Å². The van der Waals surface area contributed by atoms with Crippen LogP contribution in [-0.4, -0.2) is 66.8 Å². The zero-order chi connectivity index (χ0) is 25.5. The molecule has 35 heavy (non-hydrogen) atoms. The van der Waals surface area contributed by atoms with Crippen LogP contribution in [0.3, 0.4) is 0 Å².